The number of methoxy groups -OCH3 is 2. The molecule has 9 aliphatic rings. The molecule has 0 N–H and O–H groups in total. The van der Waals surface area contributed by atoms with Crippen molar-refractivity contribution in [3.8, 4) is 11.5 Å². The predicted octanol–water partition coefficient (Wildman–Crippen LogP) is 4.20. The lowest BCUT2D eigenvalue weighted by Gasteiger charge is -2.70. The smallest absolute Gasteiger partial charge is 0.260 e. The Morgan fingerprint density at radius 1 is 0.621 bits per heavy atom. The van der Waals surface area contributed by atoms with Crippen molar-refractivity contribution in [1.82, 2.24) is 0 Å². The van der Waals surface area contributed by atoms with Crippen LogP contribution in [0, 0.1) is 35.5 Å². The molecule has 9 fully saturated rings. The van der Waals surface area contributed by atoms with Crippen LogP contribution in [0.3, 0.4) is 0 Å². The first-order valence-electron chi connectivity index (χ1n) is 25.4. The molecule has 372 valence electrons. The number of benzene rings is 2. The third-order valence-corrected chi connectivity index (χ3v) is 18.0. The number of ether oxygens (including phenoxy) is 6. The first-order chi connectivity index (χ1) is 30.8. The number of likely N-dealkylation sites (N-methyl/N-ethyl adjacent to an activating group) is 2. The van der Waals surface area contributed by atoms with E-state index >= 15 is 0 Å². The summed E-state index contributed by atoms with van der Waals surface area (Å²) in [5.41, 5.74) is 3.33. The Morgan fingerprint density at radius 2 is 1.12 bits per heavy atom. The summed E-state index contributed by atoms with van der Waals surface area (Å²) in [6.45, 7) is 23.0. The molecule has 0 radical (unpaired) electrons. The number of halogens is 2. The van der Waals surface area contributed by atoms with Crippen LogP contribution in [0.1, 0.15) is 117 Å². The van der Waals surface area contributed by atoms with E-state index in [-0.39, 0.29) is 45.2 Å². The van der Waals surface area contributed by atoms with E-state index in [9.17, 15) is 0 Å². The lowest BCUT2D eigenvalue weighted by atomic mass is 9.45. The van der Waals surface area contributed by atoms with Crippen molar-refractivity contribution < 1.29 is 81.1 Å². The maximum atomic E-state index is 6.79. The fraction of sp³-hybridized carbons (Fsp3) is 0.741. The summed E-state index contributed by atoms with van der Waals surface area (Å²) in [7, 11) is 8.27. The highest BCUT2D eigenvalue weighted by atomic mass is 79.9. The van der Waals surface area contributed by atoms with Crippen LogP contribution in [0.2, 0.25) is 0 Å². The second-order valence-corrected chi connectivity index (χ2v) is 21.4. The monoisotopic (exact) mass is 1050 g/mol. The summed E-state index contributed by atoms with van der Waals surface area (Å²) in [5, 5.41) is 0. The average Bonchev–Trinajstić information content (AvgIpc) is 3.27. The zero-order chi connectivity index (χ0) is 45.4. The quantitative estimate of drug-likeness (QED) is 0.111. The van der Waals surface area contributed by atoms with Crippen LogP contribution in [0.4, 0.5) is 0 Å². The second-order valence-electron chi connectivity index (χ2n) is 21.4. The Kier molecular flexibility index (Phi) is 17.6. The number of nitrogens with zero attached hydrogens (tertiary/aromatic N) is 2. The molecule has 11 rings (SSSR count). The first kappa shape index (κ1) is 53.6. The molecule has 8 bridgehead atoms. The first-order valence-corrected chi connectivity index (χ1v) is 25.4. The molecule has 1 aliphatic heterocycles. The van der Waals surface area contributed by atoms with Crippen molar-refractivity contribution in [2.75, 3.05) is 94.0 Å². The third-order valence-electron chi connectivity index (χ3n) is 18.0. The van der Waals surface area contributed by atoms with E-state index in [0.717, 1.165) is 108 Å². The Hall–Kier alpha value is -1.74. The van der Waals surface area contributed by atoms with Crippen LogP contribution in [-0.2, 0) is 34.5 Å². The normalized spacial score (nSPS) is 33.3. The van der Waals surface area contributed by atoms with Crippen LogP contribution in [0.15, 0.2) is 54.1 Å². The van der Waals surface area contributed by atoms with Crippen molar-refractivity contribution in [3.63, 3.8) is 0 Å². The minimum absolute atomic E-state index is 0. The Morgan fingerprint density at radius 3 is 1.59 bits per heavy atom. The summed E-state index contributed by atoms with van der Waals surface area (Å²) < 4.78 is 39.5. The highest BCUT2D eigenvalue weighted by molar-refractivity contribution is 5.66. The molecule has 1 spiro atoms. The average molecular weight is 1050 g/mol. The molecular weight excluding hydrogens is 964 g/mol. The molecule has 8 aliphatic carbocycles. The van der Waals surface area contributed by atoms with Crippen LogP contribution in [0.25, 0.3) is 5.76 Å². The van der Waals surface area contributed by atoms with Crippen molar-refractivity contribution >= 4 is 5.76 Å². The van der Waals surface area contributed by atoms with Gasteiger partial charge in [0.1, 0.15) is 30.3 Å². The van der Waals surface area contributed by atoms with Crippen molar-refractivity contribution in [3.05, 3.63) is 65.2 Å². The standard InChI is InChI=1S/C27H42NO5.C27H42NO3.2BrH/c1-6-28(4,7-2)12-13-31-25-17-20-14-22(18-25)26(23(15-20)19-25)27(29-5,33-32-26)21-10-9-11-24(16-21)30-8-3;1-6-28(4,7-2)12-13-31-27-17-20-14-22(18-27)25(23(15-20)19-27)26(29-5)21-10-9-11-24(16-21)30-8-3;;/h9-11,16,20,22-23H,6-8,12-15,17-19H2,1-5H3;9-11,16,20,22-23H,6-8,12-15,17-19H2,1-5H3;2*1H/q2*+1;;/p-2. The van der Waals surface area contributed by atoms with Gasteiger partial charge in [0.05, 0.1) is 85.0 Å². The van der Waals surface area contributed by atoms with Gasteiger partial charge in [0, 0.05) is 30.1 Å². The van der Waals surface area contributed by atoms with E-state index in [1.54, 1.807) is 12.7 Å². The Labute approximate surface area is 419 Å². The highest BCUT2D eigenvalue weighted by Gasteiger charge is 2.78. The van der Waals surface area contributed by atoms with Gasteiger partial charge in [-0.2, -0.15) is 4.89 Å². The molecule has 0 aromatic heterocycles. The van der Waals surface area contributed by atoms with Crippen molar-refractivity contribution in [2.24, 2.45) is 35.5 Å². The van der Waals surface area contributed by atoms with Crippen molar-refractivity contribution in [2.45, 2.75) is 128 Å². The zero-order valence-corrected chi connectivity index (χ0v) is 45.3. The van der Waals surface area contributed by atoms with Gasteiger partial charge < -0.3 is 71.4 Å². The van der Waals surface area contributed by atoms with Gasteiger partial charge in [-0.15, -0.1) is 0 Å². The Bertz CT molecular complexity index is 1900. The van der Waals surface area contributed by atoms with Gasteiger partial charge >= 0.3 is 0 Å². The third kappa shape index (κ3) is 9.95. The molecule has 12 heteroatoms. The van der Waals surface area contributed by atoms with Gasteiger partial charge in [-0.1, -0.05) is 24.3 Å². The fourth-order valence-corrected chi connectivity index (χ4v) is 14.1. The van der Waals surface area contributed by atoms with Crippen LogP contribution < -0.4 is 43.4 Å². The van der Waals surface area contributed by atoms with Crippen LogP contribution >= 0.6 is 0 Å². The lowest BCUT2D eigenvalue weighted by molar-refractivity contribution is -0.906. The van der Waals surface area contributed by atoms with Gasteiger partial charge in [0.25, 0.3) is 5.79 Å². The fourth-order valence-electron chi connectivity index (χ4n) is 14.1. The zero-order valence-electron chi connectivity index (χ0n) is 42.1. The van der Waals surface area contributed by atoms with Gasteiger partial charge in [-0.3, -0.25) is 0 Å². The molecule has 2 aromatic rings. The summed E-state index contributed by atoms with van der Waals surface area (Å²) in [5.74, 6) is 5.41. The highest BCUT2D eigenvalue weighted by Crippen LogP contribution is 2.71. The van der Waals surface area contributed by atoms with Gasteiger partial charge in [-0.05, 0) is 159 Å². The molecule has 1 heterocycles. The molecule has 1 saturated heterocycles. The number of hydrogen-bond donors (Lipinski definition) is 0. The SMILES string of the molecule is CCOc1cccc(C(OC)=C2C3CC4CC2CC(OCC[N+](C)(CC)CC)(C4)C3)c1.CCOc1cccc(C2(OC)OOC23C2CC4CC3CC(OCC[N+](C)(CC)CC)(C4)C2)c1.[Br-].[Br-]. The van der Waals surface area contributed by atoms with Crippen LogP contribution in [-0.4, -0.2) is 120 Å². The van der Waals surface area contributed by atoms with E-state index < -0.39 is 11.4 Å². The molecule has 8 saturated carbocycles. The van der Waals surface area contributed by atoms with Gasteiger partial charge in [0.2, 0.25) is 0 Å². The van der Waals surface area contributed by atoms with Gasteiger partial charge in [-0.25, -0.2) is 4.89 Å². The summed E-state index contributed by atoms with van der Waals surface area (Å²) in [4.78, 5) is 12.1. The van der Waals surface area contributed by atoms with Gasteiger partial charge in [0.15, 0.2) is 5.60 Å². The topological polar surface area (TPSA) is 73.8 Å². The Balaban J connectivity index is 0.000000212. The molecule has 5 atom stereocenters. The predicted molar refractivity (Wildman–Crippen MR) is 251 cm³/mol. The summed E-state index contributed by atoms with van der Waals surface area (Å²) in [6.07, 6.45) is 11.8. The maximum Gasteiger partial charge on any atom is 0.260 e. The summed E-state index contributed by atoms with van der Waals surface area (Å²) in [6, 6.07) is 16.6. The van der Waals surface area contributed by atoms with E-state index in [0.29, 0.717) is 42.8 Å². The van der Waals surface area contributed by atoms with Crippen LogP contribution in [0.5, 0.6) is 11.5 Å². The van der Waals surface area contributed by atoms with Crippen molar-refractivity contribution in [1.29, 1.82) is 0 Å². The van der Waals surface area contributed by atoms with E-state index in [2.05, 4.69) is 72.1 Å². The second kappa shape index (κ2) is 21.7. The molecule has 0 amide bonds. The lowest BCUT2D eigenvalue weighted by Crippen LogP contribution is -3.00. The minimum Gasteiger partial charge on any atom is -1.00 e. The number of quaternary nitrogens is 2. The molecular formula is C54H84Br2N2O8. The number of allylic oxidation sites excluding steroid dienone is 1. The largest absolute Gasteiger partial charge is 1.00 e. The summed E-state index contributed by atoms with van der Waals surface area (Å²) >= 11 is 0. The van der Waals surface area contributed by atoms with E-state index in [1.165, 1.54) is 51.6 Å². The molecule has 5 unspecified atom stereocenters. The minimum atomic E-state index is -0.885. The van der Waals surface area contributed by atoms with E-state index in [1.807, 2.05) is 39.2 Å². The number of rotatable bonds is 20. The van der Waals surface area contributed by atoms with E-state index in [4.69, 9.17) is 38.2 Å². The number of hydrogen-bond acceptors (Lipinski definition) is 8. The molecule has 2 aromatic carbocycles. The molecule has 10 nitrogen and oxygen atoms in total. The maximum absolute atomic E-state index is 6.79. The molecule has 66 heavy (non-hydrogen) atoms.